The molecule has 6 nitrogen and oxygen atoms in total. The number of carbonyl (C=O) groups is 1. The molecule has 0 spiro atoms. The number of amides is 1. The second-order valence-electron chi connectivity index (χ2n) is 5.28. The standard InChI is InChI=1S/C16H19BrN4O2/c1-9-5-6-14(13(17)7-9)23-12(4)15(22)20-21-16-18-10(2)8-11(3)19-16/h5-8,12H,1-4H3,(H,20,22)(H,18,19,21)/t12-/m1/s1. The van der Waals surface area contributed by atoms with E-state index in [1.807, 2.05) is 45.0 Å². The van der Waals surface area contributed by atoms with Crippen LogP contribution in [0.4, 0.5) is 5.95 Å². The molecule has 2 N–H and O–H groups in total. The Bertz CT molecular complexity index is 701. The highest BCUT2D eigenvalue weighted by molar-refractivity contribution is 9.10. The molecule has 1 aromatic heterocycles. The number of aryl methyl sites for hydroxylation is 3. The zero-order valence-electron chi connectivity index (χ0n) is 13.5. The van der Waals surface area contributed by atoms with Gasteiger partial charge in [-0.2, -0.15) is 0 Å². The van der Waals surface area contributed by atoms with Crippen LogP contribution in [0.5, 0.6) is 5.75 Å². The summed E-state index contributed by atoms with van der Waals surface area (Å²) < 4.78 is 6.47. The predicted molar refractivity (Wildman–Crippen MR) is 92.2 cm³/mol. The van der Waals surface area contributed by atoms with Crippen molar-refractivity contribution in [3.8, 4) is 5.75 Å². The molecule has 1 heterocycles. The van der Waals surface area contributed by atoms with E-state index < -0.39 is 6.10 Å². The van der Waals surface area contributed by atoms with Gasteiger partial charge < -0.3 is 4.74 Å². The maximum absolute atomic E-state index is 12.1. The topological polar surface area (TPSA) is 76.1 Å². The van der Waals surface area contributed by atoms with Gasteiger partial charge in [0.05, 0.1) is 4.47 Å². The van der Waals surface area contributed by atoms with Crippen LogP contribution in [-0.4, -0.2) is 22.0 Å². The van der Waals surface area contributed by atoms with E-state index in [1.54, 1.807) is 6.92 Å². The zero-order valence-corrected chi connectivity index (χ0v) is 15.1. The molecule has 0 saturated carbocycles. The van der Waals surface area contributed by atoms with Crippen LogP contribution in [0.25, 0.3) is 0 Å². The molecule has 1 atom stereocenters. The molecule has 0 fully saturated rings. The molecule has 23 heavy (non-hydrogen) atoms. The largest absolute Gasteiger partial charge is 0.480 e. The van der Waals surface area contributed by atoms with Crippen molar-refractivity contribution in [1.82, 2.24) is 15.4 Å². The summed E-state index contributed by atoms with van der Waals surface area (Å²) in [4.78, 5) is 20.5. The van der Waals surface area contributed by atoms with E-state index in [4.69, 9.17) is 4.74 Å². The summed E-state index contributed by atoms with van der Waals surface area (Å²) in [5.74, 6) is 0.640. The van der Waals surface area contributed by atoms with Gasteiger partial charge in [-0.3, -0.25) is 15.6 Å². The molecule has 0 radical (unpaired) electrons. The number of hydrogen-bond donors (Lipinski definition) is 2. The Morgan fingerprint density at radius 2 is 1.83 bits per heavy atom. The number of hydrogen-bond acceptors (Lipinski definition) is 5. The normalized spacial score (nSPS) is 11.7. The fourth-order valence-corrected chi connectivity index (χ4v) is 2.53. The number of nitrogens with zero attached hydrogens (tertiary/aromatic N) is 2. The molecule has 1 aromatic carbocycles. The molecular formula is C16H19BrN4O2. The predicted octanol–water partition coefficient (Wildman–Crippen LogP) is 3.07. The summed E-state index contributed by atoms with van der Waals surface area (Å²) in [5, 5.41) is 0. The minimum Gasteiger partial charge on any atom is -0.480 e. The van der Waals surface area contributed by atoms with Crippen LogP contribution in [-0.2, 0) is 4.79 Å². The monoisotopic (exact) mass is 378 g/mol. The van der Waals surface area contributed by atoms with Gasteiger partial charge in [-0.05, 0) is 67.4 Å². The van der Waals surface area contributed by atoms with Gasteiger partial charge in [-0.1, -0.05) is 6.07 Å². The van der Waals surface area contributed by atoms with Crippen LogP contribution in [0.2, 0.25) is 0 Å². The molecule has 0 aliphatic carbocycles. The van der Waals surface area contributed by atoms with E-state index in [9.17, 15) is 4.79 Å². The van der Waals surface area contributed by atoms with Gasteiger partial charge in [-0.25, -0.2) is 9.97 Å². The van der Waals surface area contributed by atoms with Crippen molar-refractivity contribution >= 4 is 27.8 Å². The first-order valence-corrected chi connectivity index (χ1v) is 7.95. The number of benzene rings is 1. The first kappa shape index (κ1) is 17.2. The zero-order chi connectivity index (χ0) is 17.0. The average Bonchev–Trinajstić information content (AvgIpc) is 2.46. The number of ether oxygens (including phenoxy) is 1. The number of nitrogens with one attached hydrogen (secondary N) is 2. The third-order valence-electron chi connectivity index (χ3n) is 3.04. The summed E-state index contributed by atoms with van der Waals surface area (Å²) in [5.41, 5.74) is 8.00. The minimum atomic E-state index is -0.674. The smallest absolute Gasteiger partial charge is 0.279 e. The molecule has 7 heteroatoms. The molecule has 2 aromatic rings. The van der Waals surface area contributed by atoms with E-state index in [0.29, 0.717) is 11.7 Å². The summed E-state index contributed by atoms with van der Waals surface area (Å²) in [6, 6.07) is 7.53. The fourth-order valence-electron chi connectivity index (χ4n) is 1.95. The summed E-state index contributed by atoms with van der Waals surface area (Å²) >= 11 is 3.42. The Labute approximate surface area is 143 Å². The van der Waals surface area contributed by atoms with E-state index in [0.717, 1.165) is 21.4 Å². The second kappa shape index (κ2) is 7.41. The third-order valence-corrected chi connectivity index (χ3v) is 3.66. The number of halogens is 1. The van der Waals surface area contributed by atoms with Crippen molar-refractivity contribution < 1.29 is 9.53 Å². The van der Waals surface area contributed by atoms with Gasteiger partial charge in [0.15, 0.2) is 6.10 Å². The molecule has 0 saturated heterocycles. The highest BCUT2D eigenvalue weighted by atomic mass is 79.9. The van der Waals surface area contributed by atoms with E-state index >= 15 is 0 Å². The van der Waals surface area contributed by atoms with Crippen molar-refractivity contribution in [2.45, 2.75) is 33.8 Å². The molecule has 0 aliphatic heterocycles. The Morgan fingerprint density at radius 1 is 1.17 bits per heavy atom. The lowest BCUT2D eigenvalue weighted by molar-refractivity contribution is -0.126. The maximum Gasteiger partial charge on any atom is 0.279 e. The molecule has 122 valence electrons. The highest BCUT2D eigenvalue weighted by Crippen LogP contribution is 2.26. The van der Waals surface area contributed by atoms with E-state index in [-0.39, 0.29) is 5.91 Å². The van der Waals surface area contributed by atoms with Crippen LogP contribution in [0.3, 0.4) is 0 Å². The first-order valence-electron chi connectivity index (χ1n) is 7.16. The number of rotatable bonds is 5. The van der Waals surface area contributed by atoms with Crippen LogP contribution >= 0.6 is 15.9 Å². The molecule has 0 bridgehead atoms. The lowest BCUT2D eigenvalue weighted by Crippen LogP contribution is -2.40. The molecule has 0 unspecified atom stereocenters. The van der Waals surface area contributed by atoms with Gasteiger partial charge in [0.25, 0.3) is 5.91 Å². The Morgan fingerprint density at radius 3 is 2.43 bits per heavy atom. The highest BCUT2D eigenvalue weighted by Gasteiger charge is 2.16. The fraction of sp³-hybridized carbons (Fsp3) is 0.312. The van der Waals surface area contributed by atoms with Crippen molar-refractivity contribution in [2.24, 2.45) is 0 Å². The van der Waals surface area contributed by atoms with Gasteiger partial charge in [0.2, 0.25) is 5.95 Å². The van der Waals surface area contributed by atoms with Gasteiger partial charge >= 0.3 is 0 Å². The molecular weight excluding hydrogens is 360 g/mol. The summed E-state index contributed by atoms with van der Waals surface area (Å²) in [6.07, 6.45) is -0.674. The second-order valence-corrected chi connectivity index (χ2v) is 6.14. The van der Waals surface area contributed by atoms with E-state index in [2.05, 4.69) is 36.7 Å². The molecule has 0 aliphatic rings. The van der Waals surface area contributed by atoms with Crippen molar-refractivity contribution in [2.75, 3.05) is 5.43 Å². The quantitative estimate of drug-likeness (QED) is 0.781. The molecule has 2 rings (SSSR count). The van der Waals surface area contributed by atoms with Gasteiger partial charge in [0, 0.05) is 11.4 Å². The Hall–Kier alpha value is -2.15. The van der Waals surface area contributed by atoms with E-state index in [1.165, 1.54) is 0 Å². The summed E-state index contributed by atoms with van der Waals surface area (Å²) in [7, 11) is 0. The summed E-state index contributed by atoms with van der Waals surface area (Å²) in [6.45, 7) is 7.38. The molecule has 1 amide bonds. The Kier molecular flexibility index (Phi) is 5.54. The van der Waals surface area contributed by atoms with Crippen LogP contribution in [0.1, 0.15) is 23.9 Å². The number of aromatic nitrogens is 2. The number of carbonyl (C=O) groups excluding carboxylic acids is 1. The minimum absolute atomic E-state index is 0.319. The lowest BCUT2D eigenvalue weighted by atomic mass is 10.2. The van der Waals surface area contributed by atoms with Gasteiger partial charge in [-0.15, -0.1) is 0 Å². The lowest BCUT2D eigenvalue weighted by Gasteiger charge is -2.16. The van der Waals surface area contributed by atoms with Crippen molar-refractivity contribution in [3.63, 3.8) is 0 Å². The number of anilines is 1. The average molecular weight is 379 g/mol. The van der Waals surface area contributed by atoms with Crippen LogP contribution in [0, 0.1) is 20.8 Å². The Balaban J connectivity index is 1.94. The van der Waals surface area contributed by atoms with Crippen molar-refractivity contribution in [1.29, 1.82) is 0 Å². The first-order chi connectivity index (χ1) is 10.8. The third kappa shape index (κ3) is 4.92. The SMILES string of the molecule is Cc1ccc(O[C@H](C)C(=O)NNc2nc(C)cc(C)n2)c(Br)c1. The maximum atomic E-state index is 12.1. The van der Waals surface area contributed by atoms with Gasteiger partial charge in [0.1, 0.15) is 5.75 Å². The number of hydrazine groups is 1. The van der Waals surface area contributed by atoms with Crippen LogP contribution < -0.4 is 15.6 Å². The van der Waals surface area contributed by atoms with Crippen molar-refractivity contribution in [3.05, 3.63) is 45.7 Å². The van der Waals surface area contributed by atoms with Crippen LogP contribution in [0.15, 0.2) is 28.7 Å².